The fourth-order valence-corrected chi connectivity index (χ4v) is 3.83. The first-order valence-electron chi connectivity index (χ1n) is 7.82. The molecule has 0 saturated carbocycles. The number of thioether (sulfide) groups is 1. The minimum atomic E-state index is 0.00577. The van der Waals surface area contributed by atoms with Crippen molar-refractivity contribution in [3.8, 4) is 23.0 Å². The quantitative estimate of drug-likeness (QED) is 0.599. The Morgan fingerprint density at radius 3 is 3.00 bits per heavy atom. The first-order chi connectivity index (χ1) is 12.7. The van der Waals surface area contributed by atoms with E-state index in [9.17, 15) is 4.79 Å². The third-order valence-electron chi connectivity index (χ3n) is 3.74. The number of amides is 1. The van der Waals surface area contributed by atoms with Gasteiger partial charge in [-0.25, -0.2) is 0 Å². The number of rotatable bonds is 6. The van der Waals surface area contributed by atoms with Crippen LogP contribution in [0.5, 0.6) is 11.5 Å². The maximum absolute atomic E-state index is 12.2. The van der Waals surface area contributed by atoms with Crippen molar-refractivity contribution in [2.24, 2.45) is 0 Å². The third kappa shape index (κ3) is 3.68. The summed E-state index contributed by atoms with van der Waals surface area (Å²) >= 11 is 2.86. The van der Waals surface area contributed by atoms with E-state index in [4.69, 9.17) is 13.9 Å². The number of hydrogen-bond donors (Lipinski definition) is 0. The molecular formula is C17H15N3O4S2. The Morgan fingerprint density at radius 1 is 1.27 bits per heavy atom. The van der Waals surface area contributed by atoms with Crippen molar-refractivity contribution in [1.29, 1.82) is 0 Å². The zero-order chi connectivity index (χ0) is 17.9. The van der Waals surface area contributed by atoms with Gasteiger partial charge in [-0.05, 0) is 29.6 Å². The van der Waals surface area contributed by atoms with Crippen molar-refractivity contribution in [3.05, 3.63) is 40.6 Å². The molecule has 0 saturated heterocycles. The molecule has 3 heterocycles. The van der Waals surface area contributed by atoms with Crippen molar-refractivity contribution in [2.75, 3.05) is 19.6 Å². The van der Waals surface area contributed by atoms with Gasteiger partial charge in [-0.1, -0.05) is 17.8 Å². The van der Waals surface area contributed by atoms with Gasteiger partial charge >= 0.3 is 0 Å². The van der Waals surface area contributed by atoms with E-state index in [1.54, 1.807) is 35.4 Å². The summed E-state index contributed by atoms with van der Waals surface area (Å²) in [5.41, 5.74) is 0.745. The number of ether oxygens (including phenoxy) is 2. The summed E-state index contributed by atoms with van der Waals surface area (Å²) in [6, 6.07) is 9.41. The normalized spacial score (nSPS) is 12.3. The smallest absolute Gasteiger partial charge is 0.277 e. The molecule has 2 aromatic heterocycles. The second-order valence-electron chi connectivity index (χ2n) is 5.56. The summed E-state index contributed by atoms with van der Waals surface area (Å²) in [6.45, 7) is 0.814. The lowest BCUT2D eigenvalue weighted by Gasteiger charge is -2.15. The van der Waals surface area contributed by atoms with Gasteiger partial charge in [0, 0.05) is 17.5 Å². The van der Waals surface area contributed by atoms with E-state index in [1.165, 1.54) is 11.8 Å². The van der Waals surface area contributed by atoms with Gasteiger partial charge in [-0.2, -0.15) is 0 Å². The monoisotopic (exact) mass is 389 g/mol. The van der Waals surface area contributed by atoms with Crippen molar-refractivity contribution >= 4 is 29.0 Å². The predicted molar refractivity (Wildman–Crippen MR) is 97.4 cm³/mol. The number of hydrogen-bond acceptors (Lipinski definition) is 8. The number of nitrogens with zero attached hydrogens (tertiary/aromatic N) is 3. The Balaban J connectivity index is 1.35. The van der Waals surface area contributed by atoms with Crippen LogP contribution in [0.4, 0.5) is 0 Å². The summed E-state index contributed by atoms with van der Waals surface area (Å²) in [6.07, 6.45) is 0. The van der Waals surface area contributed by atoms with Gasteiger partial charge in [0.05, 0.1) is 12.3 Å². The highest BCUT2D eigenvalue weighted by Gasteiger charge is 2.18. The number of aromatic nitrogens is 2. The first-order valence-corrected chi connectivity index (χ1v) is 9.68. The van der Waals surface area contributed by atoms with Crippen LogP contribution >= 0.6 is 23.1 Å². The molecule has 26 heavy (non-hydrogen) atoms. The molecule has 0 fully saturated rings. The molecule has 0 bridgehead atoms. The molecule has 7 nitrogen and oxygen atoms in total. The van der Waals surface area contributed by atoms with Gasteiger partial charge in [-0.15, -0.1) is 21.5 Å². The number of carbonyl (C=O) groups is 1. The van der Waals surface area contributed by atoms with E-state index in [0.29, 0.717) is 29.2 Å². The van der Waals surface area contributed by atoms with Crippen LogP contribution in [-0.4, -0.2) is 40.6 Å². The van der Waals surface area contributed by atoms with Crippen LogP contribution < -0.4 is 9.47 Å². The molecule has 0 N–H and O–H groups in total. The van der Waals surface area contributed by atoms with Gasteiger partial charge in [0.1, 0.15) is 0 Å². The van der Waals surface area contributed by atoms with Crippen molar-refractivity contribution in [2.45, 2.75) is 11.8 Å². The standard InChI is InChI=1S/C17H15N3O4S2/c1-20(8-12-3-2-6-25-12)15(21)9-26-17-19-18-16(24-17)11-4-5-13-14(7-11)23-10-22-13/h2-7H,8-10H2,1H3. The summed E-state index contributed by atoms with van der Waals surface area (Å²) in [5.74, 6) is 1.98. The summed E-state index contributed by atoms with van der Waals surface area (Å²) in [4.78, 5) is 15.1. The third-order valence-corrected chi connectivity index (χ3v) is 5.41. The molecule has 134 valence electrons. The van der Waals surface area contributed by atoms with E-state index < -0.39 is 0 Å². The molecule has 0 radical (unpaired) electrons. The van der Waals surface area contributed by atoms with Crippen LogP contribution in [0.3, 0.4) is 0 Å². The molecule has 0 aliphatic carbocycles. The lowest BCUT2D eigenvalue weighted by molar-refractivity contribution is -0.127. The Morgan fingerprint density at radius 2 is 2.15 bits per heavy atom. The average molecular weight is 389 g/mol. The zero-order valence-electron chi connectivity index (χ0n) is 13.9. The zero-order valence-corrected chi connectivity index (χ0v) is 15.5. The van der Waals surface area contributed by atoms with Gasteiger partial charge in [0.15, 0.2) is 11.5 Å². The maximum atomic E-state index is 12.2. The van der Waals surface area contributed by atoms with Crippen LogP contribution in [-0.2, 0) is 11.3 Å². The summed E-state index contributed by atoms with van der Waals surface area (Å²) < 4.78 is 16.3. The van der Waals surface area contributed by atoms with Crippen molar-refractivity contribution in [3.63, 3.8) is 0 Å². The number of fused-ring (bicyclic) bond motifs is 1. The van der Waals surface area contributed by atoms with E-state index in [-0.39, 0.29) is 18.5 Å². The van der Waals surface area contributed by atoms with Crippen molar-refractivity contribution in [1.82, 2.24) is 15.1 Å². The van der Waals surface area contributed by atoms with Gasteiger partial charge in [0.25, 0.3) is 5.22 Å². The van der Waals surface area contributed by atoms with Gasteiger partial charge < -0.3 is 18.8 Å². The lowest BCUT2D eigenvalue weighted by atomic mass is 10.2. The Bertz CT molecular complexity index is 911. The average Bonchev–Trinajstić information content (AvgIpc) is 3.39. The van der Waals surface area contributed by atoms with E-state index in [0.717, 1.165) is 10.4 Å². The van der Waals surface area contributed by atoms with Crippen LogP contribution in [0.15, 0.2) is 45.4 Å². The largest absolute Gasteiger partial charge is 0.454 e. The van der Waals surface area contributed by atoms with Crippen LogP contribution in [0, 0.1) is 0 Å². The highest BCUT2D eigenvalue weighted by molar-refractivity contribution is 7.99. The number of benzene rings is 1. The molecule has 0 spiro atoms. The highest BCUT2D eigenvalue weighted by atomic mass is 32.2. The second kappa shape index (κ2) is 7.38. The molecule has 4 rings (SSSR count). The molecule has 3 aromatic rings. The SMILES string of the molecule is CN(Cc1cccs1)C(=O)CSc1nnc(-c2ccc3c(c2)OCO3)o1. The maximum Gasteiger partial charge on any atom is 0.277 e. The van der Waals surface area contributed by atoms with Crippen molar-refractivity contribution < 1.29 is 18.7 Å². The molecule has 1 aliphatic heterocycles. The number of thiophene rings is 1. The van der Waals surface area contributed by atoms with Gasteiger partial charge in [-0.3, -0.25) is 4.79 Å². The first kappa shape index (κ1) is 16.9. The van der Waals surface area contributed by atoms with Crippen LogP contribution in [0.1, 0.15) is 4.88 Å². The fourth-order valence-electron chi connectivity index (χ4n) is 2.37. The second-order valence-corrected chi connectivity index (χ2v) is 7.52. The molecule has 9 heteroatoms. The molecule has 1 aliphatic rings. The molecule has 1 amide bonds. The lowest BCUT2D eigenvalue weighted by Crippen LogP contribution is -2.27. The van der Waals surface area contributed by atoms with E-state index in [2.05, 4.69) is 10.2 Å². The van der Waals surface area contributed by atoms with Crippen LogP contribution in [0.2, 0.25) is 0 Å². The van der Waals surface area contributed by atoms with Crippen LogP contribution in [0.25, 0.3) is 11.5 Å². The predicted octanol–water partition coefficient (Wildman–Crippen LogP) is 3.28. The highest BCUT2D eigenvalue weighted by Crippen LogP contribution is 2.36. The summed E-state index contributed by atoms with van der Waals surface area (Å²) in [7, 11) is 1.79. The minimum Gasteiger partial charge on any atom is -0.454 e. The molecule has 0 unspecified atom stereocenters. The Hall–Kier alpha value is -2.52. The Labute approximate surface area is 157 Å². The molecular weight excluding hydrogens is 374 g/mol. The van der Waals surface area contributed by atoms with Gasteiger partial charge in [0.2, 0.25) is 18.6 Å². The molecule has 0 atom stereocenters. The van der Waals surface area contributed by atoms with E-state index >= 15 is 0 Å². The molecule has 1 aromatic carbocycles. The summed E-state index contributed by atoms with van der Waals surface area (Å²) in [5, 5.41) is 10.4. The minimum absolute atomic E-state index is 0.00577. The Kier molecular flexibility index (Phi) is 4.81. The number of carbonyl (C=O) groups excluding carboxylic acids is 1. The fraction of sp³-hybridized carbons (Fsp3) is 0.235. The van der Waals surface area contributed by atoms with E-state index in [1.807, 2.05) is 23.6 Å². The topological polar surface area (TPSA) is 77.7 Å².